The van der Waals surface area contributed by atoms with Gasteiger partial charge in [-0.25, -0.2) is 18.5 Å². The molecule has 1 fully saturated rings. The Morgan fingerprint density at radius 1 is 1.00 bits per heavy atom. The molecule has 2 aromatic heterocycles. The minimum atomic E-state index is -3.96. The van der Waals surface area contributed by atoms with Crippen molar-refractivity contribution < 1.29 is 8.42 Å². The lowest BCUT2D eigenvalue weighted by molar-refractivity contribution is 0.459. The number of aromatic amines is 1. The van der Waals surface area contributed by atoms with Crippen molar-refractivity contribution in [2.45, 2.75) is 37.5 Å². The molecular formula is C27H30N6O3S. The third-order valence-corrected chi connectivity index (χ3v) is 7.74. The van der Waals surface area contributed by atoms with Crippen molar-refractivity contribution in [3.8, 4) is 0 Å². The quantitative estimate of drug-likeness (QED) is 0.258. The van der Waals surface area contributed by atoms with Crippen LogP contribution in [0.25, 0.3) is 10.8 Å². The molecule has 0 bridgehead atoms. The standard InChI is InChI=1S/C27H30N6O3S/c1-16-3-6-23(37(28,35)36)22(13-16)32-24-15-19-9-12-30-27(34)25(19)26(33-24)31-20-4-5-21(17(2)14-20)18-7-10-29-11-8-18/h3-6,9,12-15,18,29H,7-8,10-11H2,1-2H3,(H,30,34)(H2,28,35,36)(H2,31,32,33). The monoisotopic (exact) mass is 518 g/mol. The zero-order chi connectivity index (χ0) is 26.2. The molecule has 1 aliphatic rings. The van der Waals surface area contributed by atoms with Gasteiger partial charge in [-0.2, -0.15) is 0 Å². The second-order valence-electron chi connectivity index (χ2n) is 9.52. The minimum Gasteiger partial charge on any atom is -0.339 e. The van der Waals surface area contributed by atoms with Crippen molar-refractivity contribution in [3.63, 3.8) is 0 Å². The van der Waals surface area contributed by atoms with Crippen LogP contribution in [0.3, 0.4) is 0 Å². The van der Waals surface area contributed by atoms with Gasteiger partial charge in [0.25, 0.3) is 5.56 Å². The summed E-state index contributed by atoms with van der Waals surface area (Å²) in [5, 5.41) is 16.3. The number of nitrogens with one attached hydrogen (secondary N) is 4. The van der Waals surface area contributed by atoms with Gasteiger partial charge in [0.2, 0.25) is 10.0 Å². The van der Waals surface area contributed by atoms with Crippen molar-refractivity contribution in [2.24, 2.45) is 5.14 Å². The summed E-state index contributed by atoms with van der Waals surface area (Å²) in [7, 11) is -3.96. The molecule has 5 rings (SSSR count). The fourth-order valence-electron chi connectivity index (χ4n) is 4.98. The normalized spacial score (nSPS) is 14.6. The van der Waals surface area contributed by atoms with Gasteiger partial charge >= 0.3 is 0 Å². The molecule has 192 valence electrons. The van der Waals surface area contributed by atoms with E-state index in [-0.39, 0.29) is 10.5 Å². The van der Waals surface area contributed by atoms with Gasteiger partial charge in [0.1, 0.15) is 16.5 Å². The van der Waals surface area contributed by atoms with E-state index in [2.05, 4.69) is 45.0 Å². The summed E-state index contributed by atoms with van der Waals surface area (Å²) < 4.78 is 24.3. The maximum atomic E-state index is 12.8. The molecule has 4 aromatic rings. The SMILES string of the molecule is Cc1ccc(S(N)(=O)=O)c(Nc2cc3cc[nH]c(=O)c3c(Nc3ccc(C4CCNCC4)c(C)c3)n2)c1. The van der Waals surface area contributed by atoms with E-state index in [1.165, 1.54) is 17.2 Å². The van der Waals surface area contributed by atoms with Crippen LogP contribution in [0.5, 0.6) is 0 Å². The molecule has 9 nitrogen and oxygen atoms in total. The van der Waals surface area contributed by atoms with E-state index in [4.69, 9.17) is 5.14 Å². The maximum absolute atomic E-state index is 12.8. The number of aromatic nitrogens is 2. The van der Waals surface area contributed by atoms with Gasteiger partial charge in [-0.05, 0) is 104 Å². The highest BCUT2D eigenvalue weighted by atomic mass is 32.2. The van der Waals surface area contributed by atoms with E-state index in [1.807, 2.05) is 13.0 Å². The molecule has 0 spiro atoms. The molecule has 3 heterocycles. The molecule has 0 radical (unpaired) electrons. The molecule has 6 N–H and O–H groups in total. The zero-order valence-electron chi connectivity index (χ0n) is 20.8. The molecule has 10 heteroatoms. The number of hydrogen-bond acceptors (Lipinski definition) is 7. The molecule has 1 aliphatic heterocycles. The number of benzene rings is 2. The van der Waals surface area contributed by atoms with E-state index in [1.54, 1.807) is 30.5 Å². The lowest BCUT2D eigenvalue weighted by atomic mass is 9.87. The first-order valence-electron chi connectivity index (χ1n) is 12.2. The van der Waals surface area contributed by atoms with Gasteiger partial charge in [0.05, 0.1) is 11.1 Å². The van der Waals surface area contributed by atoms with Crippen molar-refractivity contribution in [1.82, 2.24) is 15.3 Å². The van der Waals surface area contributed by atoms with Crippen LogP contribution in [-0.4, -0.2) is 31.5 Å². The molecular weight excluding hydrogens is 488 g/mol. The van der Waals surface area contributed by atoms with Gasteiger partial charge in [0.15, 0.2) is 0 Å². The second kappa shape index (κ2) is 9.97. The zero-order valence-corrected chi connectivity index (χ0v) is 21.6. The van der Waals surface area contributed by atoms with Crippen LogP contribution in [0.1, 0.15) is 35.4 Å². The molecule has 1 saturated heterocycles. The Kier molecular flexibility index (Phi) is 6.72. The Labute approximate surface area is 215 Å². The Morgan fingerprint density at radius 3 is 2.51 bits per heavy atom. The highest BCUT2D eigenvalue weighted by Crippen LogP contribution is 2.32. The van der Waals surface area contributed by atoms with Crippen LogP contribution < -0.4 is 26.6 Å². The Morgan fingerprint density at radius 2 is 1.78 bits per heavy atom. The molecule has 37 heavy (non-hydrogen) atoms. The molecule has 0 unspecified atom stereocenters. The third kappa shape index (κ3) is 5.36. The number of nitrogens with zero attached hydrogens (tertiary/aromatic N) is 1. The summed E-state index contributed by atoms with van der Waals surface area (Å²) in [5.74, 6) is 1.27. The molecule has 0 aliphatic carbocycles. The Balaban J connectivity index is 1.54. The lowest BCUT2D eigenvalue weighted by Crippen LogP contribution is -2.26. The molecule has 2 aromatic carbocycles. The number of hydrogen-bond donors (Lipinski definition) is 5. The van der Waals surface area contributed by atoms with Crippen LogP contribution in [0.4, 0.5) is 23.0 Å². The topological polar surface area (TPSA) is 142 Å². The summed E-state index contributed by atoms with van der Waals surface area (Å²) in [4.78, 5) is 20.1. The summed E-state index contributed by atoms with van der Waals surface area (Å²) in [6, 6.07) is 14.5. The number of primary sulfonamides is 1. The van der Waals surface area contributed by atoms with Crippen molar-refractivity contribution in [1.29, 1.82) is 0 Å². The number of H-pyrrole nitrogens is 1. The third-order valence-electron chi connectivity index (χ3n) is 6.77. The Bertz CT molecular complexity index is 1640. The average Bonchev–Trinajstić information content (AvgIpc) is 2.84. The van der Waals surface area contributed by atoms with E-state index < -0.39 is 10.0 Å². The van der Waals surface area contributed by atoms with Crippen molar-refractivity contribution in [2.75, 3.05) is 23.7 Å². The van der Waals surface area contributed by atoms with Gasteiger partial charge in [0, 0.05) is 11.9 Å². The number of piperidine rings is 1. The first-order valence-corrected chi connectivity index (χ1v) is 13.7. The molecule has 0 saturated carbocycles. The summed E-state index contributed by atoms with van der Waals surface area (Å²) in [6.07, 6.45) is 3.80. The fraction of sp³-hybridized carbons (Fsp3) is 0.259. The number of pyridine rings is 2. The van der Waals surface area contributed by atoms with Gasteiger partial charge in [-0.3, -0.25) is 4.79 Å². The predicted octanol–water partition coefficient (Wildman–Crippen LogP) is 4.14. The van der Waals surface area contributed by atoms with Crippen LogP contribution in [0.15, 0.2) is 64.4 Å². The Hall–Kier alpha value is -3.73. The molecule has 0 amide bonds. The maximum Gasteiger partial charge on any atom is 0.259 e. The van der Waals surface area contributed by atoms with E-state index in [0.29, 0.717) is 34.0 Å². The van der Waals surface area contributed by atoms with E-state index in [9.17, 15) is 13.2 Å². The smallest absolute Gasteiger partial charge is 0.259 e. The first kappa shape index (κ1) is 24.9. The number of sulfonamides is 1. The number of fused-ring (bicyclic) bond motifs is 1. The average molecular weight is 519 g/mol. The fourth-order valence-corrected chi connectivity index (χ4v) is 5.65. The van der Waals surface area contributed by atoms with E-state index >= 15 is 0 Å². The summed E-state index contributed by atoms with van der Waals surface area (Å²) >= 11 is 0. The number of rotatable bonds is 6. The predicted molar refractivity (Wildman–Crippen MR) is 148 cm³/mol. The van der Waals surface area contributed by atoms with E-state index in [0.717, 1.165) is 37.2 Å². The first-order chi connectivity index (χ1) is 17.7. The van der Waals surface area contributed by atoms with Gasteiger partial charge < -0.3 is 20.9 Å². The van der Waals surface area contributed by atoms with Crippen LogP contribution in [-0.2, 0) is 10.0 Å². The minimum absolute atomic E-state index is 0.0375. The number of aryl methyl sites for hydroxylation is 2. The van der Waals surface area contributed by atoms with Crippen LogP contribution in [0, 0.1) is 13.8 Å². The highest BCUT2D eigenvalue weighted by Gasteiger charge is 2.19. The molecule has 0 atom stereocenters. The largest absolute Gasteiger partial charge is 0.339 e. The van der Waals surface area contributed by atoms with Crippen molar-refractivity contribution >= 4 is 43.8 Å². The van der Waals surface area contributed by atoms with Gasteiger partial charge in [-0.15, -0.1) is 0 Å². The summed E-state index contributed by atoms with van der Waals surface area (Å²) in [6.45, 7) is 6.01. The number of nitrogens with two attached hydrogens (primary N) is 1. The van der Waals surface area contributed by atoms with Crippen LogP contribution >= 0.6 is 0 Å². The van der Waals surface area contributed by atoms with Crippen LogP contribution in [0.2, 0.25) is 0 Å². The van der Waals surface area contributed by atoms with Gasteiger partial charge in [-0.1, -0.05) is 12.1 Å². The second-order valence-corrected chi connectivity index (χ2v) is 11.0. The lowest BCUT2D eigenvalue weighted by Gasteiger charge is -2.25. The summed E-state index contributed by atoms with van der Waals surface area (Å²) in [5.41, 5.74) is 4.23. The number of anilines is 4. The highest BCUT2D eigenvalue weighted by molar-refractivity contribution is 7.89. The van der Waals surface area contributed by atoms with Crippen molar-refractivity contribution in [3.05, 3.63) is 81.8 Å².